The molecule has 0 aliphatic carbocycles. The topological polar surface area (TPSA) is 0 Å². The number of rotatable bonds is 0. The van der Waals surface area contributed by atoms with E-state index in [1.165, 1.54) is 0 Å². The molecule has 0 saturated heterocycles. The molecule has 0 spiro atoms. The molecular formula is AlCl10MgMoNa. The molecule has 0 bridgehead atoms. The average molecular weight is 525 g/mol. The summed E-state index contributed by atoms with van der Waals surface area (Å²) in [5.74, 6) is 0. The predicted molar refractivity (Wildman–Crippen MR) is 11.5 cm³/mol. The molecule has 82 valence electrons. The Morgan fingerprint density at radius 3 is 0.357 bits per heavy atom. The molecule has 0 unspecified atom stereocenters. The normalized spacial score (nSPS) is 0. The molecule has 0 nitrogen and oxygen atoms in total. The molecular weight excluding hydrogens is 525 g/mol. The van der Waals surface area contributed by atoms with E-state index in [0.29, 0.717) is 0 Å². The average Bonchev–Trinajstić information content (AvgIpc) is 0. The zero-order chi connectivity index (χ0) is 0. The summed E-state index contributed by atoms with van der Waals surface area (Å²) in [4.78, 5) is 0. The molecule has 0 aromatic carbocycles. The molecule has 14 heavy (non-hydrogen) atoms. The van der Waals surface area contributed by atoms with Crippen LogP contribution in [0.2, 0.25) is 0 Å². The maximum atomic E-state index is 0. The van der Waals surface area contributed by atoms with Gasteiger partial charge in [-0.15, -0.1) is 0 Å². The van der Waals surface area contributed by atoms with Crippen LogP contribution in [-0.4, -0.2) is 40.4 Å². The fraction of sp³-hybridized carbons (Fsp3) is 0. The first-order valence-corrected chi connectivity index (χ1v) is 0. The summed E-state index contributed by atoms with van der Waals surface area (Å²) < 4.78 is 0. The van der Waals surface area contributed by atoms with Crippen LogP contribution in [0, 0.1) is 0 Å². The largest absolute Gasteiger partial charge is 4.00 e. The van der Waals surface area contributed by atoms with E-state index in [1.807, 2.05) is 0 Å². The van der Waals surface area contributed by atoms with Gasteiger partial charge in [0.2, 0.25) is 0 Å². The van der Waals surface area contributed by atoms with Crippen LogP contribution in [0.15, 0.2) is 0 Å². The molecule has 0 aromatic rings. The smallest absolute Gasteiger partial charge is 1.00 e. The van der Waals surface area contributed by atoms with Gasteiger partial charge in [-0.3, -0.25) is 0 Å². The summed E-state index contributed by atoms with van der Waals surface area (Å²) in [5.41, 5.74) is 0. The summed E-state index contributed by atoms with van der Waals surface area (Å²) in [6, 6.07) is 0. The van der Waals surface area contributed by atoms with Gasteiger partial charge >= 0.3 is 91.0 Å². The van der Waals surface area contributed by atoms with Crippen molar-refractivity contribution in [1.29, 1.82) is 0 Å². The van der Waals surface area contributed by atoms with E-state index < -0.39 is 0 Å². The van der Waals surface area contributed by atoms with Gasteiger partial charge in [0.1, 0.15) is 0 Å². The standard InChI is InChI=1S/Al.10ClH.Mg.Mo.Na/h;10*1H;;;/q+3;;;;;;;;;;;+2;+4;+1/p-10. The summed E-state index contributed by atoms with van der Waals surface area (Å²) in [5, 5.41) is 0. The van der Waals surface area contributed by atoms with Gasteiger partial charge in [0.25, 0.3) is 0 Å². The van der Waals surface area contributed by atoms with E-state index in [1.54, 1.807) is 0 Å². The van der Waals surface area contributed by atoms with Crippen molar-refractivity contribution in [3.63, 3.8) is 0 Å². The van der Waals surface area contributed by atoms with Crippen LogP contribution in [-0.2, 0) is 21.1 Å². The third-order valence-corrected chi connectivity index (χ3v) is 0. The van der Waals surface area contributed by atoms with Crippen LogP contribution in [0.5, 0.6) is 0 Å². The van der Waals surface area contributed by atoms with Crippen LogP contribution in [0.3, 0.4) is 0 Å². The van der Waals surface area contributed by atoms with E-state index in [4.69, 9.17) is 0 Å². The molecule has 0 aromatic heterocycles. The second-order valence-corrected chi connectivity index (χ2v) is 0. The third kappa shape index (κ3) is 147. The van der Waals surface area contributed by atoms with E-state index >= 15 is 0 Å². The minimum Gasteiger partial charge on any atom is -1.00 e. The molecule has 0 saturated carbocycles. The van der Waals surface area contributed by atoms with Crippen molar-refractivity contribution < 1.29 is 175 Å². The van der Waals surface area contributed by atoms with Crippen molar-refractivity contribution in [2.45, 2.75) is 0 Å². The van der Waals surface area contributed by atoms with Gasteiger partial charge < -0.3 is 124 Å². The monoisotopic (exact) mass is 522 g/mol. The molecule has 0 atom stereocenters. The minimum absolute atomic E-state index is 0. The van der Waals surface area contributed by atoms with E-state index in [2.05, 4.69) is 0 Å². The van der Waals surface area contributed by atoms with Gasteiger partial charge in [0.05, 0.1) is 0 Å². The van der Waals surface area contributed by atoms with Gasteiger partial charge in [-0.1, -0.05) is 0 Å². The Bertz CT molecular complexity index is 20.1. The number of halogens is 10. The maximum Gasteiger partial charge on any atom is 4.00 e. The molecule has 14 heteroatoms. The van der Waals surface area contributed by atoms with E-state index in [0.717, 1.165) is 0 Å². The van der Waals surface area contributed by atoms with Crippen molar-refractivity contribution in [3.8, 4) is 0 Å². The summed E-state index contributed by atoms with van der Waals surface area (Å²) in [6.45, 7) is 0. The zero-order valence-corrected chi connectivity index (χ0v) is 20.6. The second-order valence-electron chi connectivity index (χ2n) is 0. The predicted octanol–water partition coefficient (Wildman–Crippen LogP) is -33.7. The number of hydrogen-bond donors (Lipinski definition) is 0. The molecule has 0 N–H and O–H groups in total. The van der Waals surface area contributed by atoms with Crippen LogP contribution >= 0.6 is 0 Å². The first-order chi connectivity index (χ1) is 0. The van der Waals surface area contributed by atoms with Crippen molar-refractivity contribution in [2.75, 3.05) is 0 Å². The summed E-state index contributed by atoms with van der Waals surface area (Å²) in [6.07, 6.45) is 0. The second kappa shape index (κ2) is 174. The quantitative estimate of drug-likeness (QED) is 0.276. The van der Waals surface area contributed by atoms with E-state index in [9.17, 15) is 0 Å². The maximum absolute atomic E-state index is 0. The number of hydrogen-bond acceptors (Lipinski definition) is 0. The van der Waals surface area contributed by atoms with Crippen molar-refractivity contribution in [3.05, 3.63) is 0 Å². The van der Waals surface area contributed by atoms with E-state index in [-0.39, 0.29) is 215 Å². The molecule has 0 amide bonds. The van der Waals surface area contributed by atoms with Crippen LogP contribution in [0.4, 0.5) is 0 Å². The fourth-order valence-electron chi connectivity index (χ4n) is 0. The van der Waals surface area contributed by atoms with Gasteiger partial charge in [0.15, 0.2) is 0 Å². The molecule has 0 heterocycles. The Morgan fingerprint density at radius 2 is 0.357 bits per heavy atom. The van der Waals surface area contributed by atoms with Crippen molar-refractivity contribution in [1.82, 2.24) is 0 Å². The Hall–Kier alpha value is 5.89. The fourth-order valence-corrected chi connectivity index (χ4v) is 0. The molecule has 0 radical (unpaired) electrons. The Kier molecular flexibility index (Phi) is 2550. The Labute approximate surface area is 211 Å². The first-order valence-electron chi connectivity index (χ1n) is 0. The zero-order valence-electron chi connectivity index (χ0n) is 6.47. The first kappa shape index (κ1) is 205. The van der Waals surface area contributed by atoms with Crippen LogP contribution in [0.25, 0.3) is 0 Å². The molecule has 0 rings (SSSR count). The van der Waals surface area contributed by atoms with Gasteiger partial charge in [0, 0.05) is 0 Å². The summed E-state index contributed by atoms with van der Waals surface area (Å²) >= 11 is 0. The van der Waals surface area contributed by atoms with Crippen molar-refractivity contribution in [2.24, 2.45) is 0 Å². The Morgan fingerprint density at radius 1 is 0.357 bits per heavy atom. The van der Waals surface area contributed by atoms with Crippen LogP contribution < -0.4 is 154 Å². The van der Waals surface area contributed by atoms with Gasteiger partial charge in [-0.25, -0.2) is 0 Å². The molecule has 0 fully saturated rings. The third-order valence-electron chi connectivity index (χ3n) is 0. The summed E-state index contributed by atoms with van der Waals surface area (Å²) in [7, 11) is 0. The minimum atomic E-state index is 0. The van der Waals surface area contributed by atoms with Gasteiger partial charge in [-0.2, -0.15) is 0 Å². The molecule has 0 aliphatic rings. The molecule has 0 aliphatic heterocycles. The van der Waals surface area contributed by atoms with Crippen molar-refractivity contribution >= 4 is 40.4 Å². The Balaban J connectivity index is 0. The van der Waals surface area contributed by atoms with Gasteiger partial charge in [-0.05, 0) is 0 Å². The SMILES string of the molecule is [Al+3].[Cl-].[Cl-].[Cl-].[Cl-].[Cl-].[Cl-].[Cl-].[Cl-].[Cl-].[Cl-].[Mg+2].[Mo+4].[Na+]. The van der Waals surface area contributed by atoms with Crippen LogP contribution in [0.1, 0.15) is 0 Å².